The van der Waals surface area contributed by atoms with Crippen molar-refractivity contribution in [3.05, 3.63) is 60.4 Å². The fourth-order valence-electron chi connectivity index (χ4n) is 1.51. The van der Waals surface area contributed by atoms with Crippen LogP contribution in [0.25, 0.3) is 16.2 Å². The van der Waals surface area contributed by atoms with Crippen molar-refractivity contribution >= 4 is 16.6 Å². The van der Waals surface area contributed by atoms with E-state index in [2.05, 4.69) is 4.98 Å². The Morgan fingerprint density at radius 3 is 2.24 bits per heavy atom. The fraction of sp³-hybridized carbons (Fsp3) is 0. The molecule has 0 aliphatic carbocycles. The number of halogens is 1. The first-order chi connectivity index (χ1) is 8.31. The van der Waals surface area contributed by atoms with Gasteiger partial charge in [-0.2, -0.15) is 5.26 Å². The summed E-state index contributed by atoms with van der Waals surface area (Å²) >= 11 is 5.93. The number of benzene rings is 1. The lowest BCUT2D eigenvalue weighted by atomic mass is 10.1. The molecule has 1 aromatic carbocycles. The molecule has 17 heavy (non-hydrogen) atoms. The highest BCUT2D eigenvalue weighted by Crippen LogP contribution is 2.23. The van der Waals surface area contributed by atoms with Gasteiger partial charge in [0.2, 0.25) is 0 Å². The van der Waals surface area contributed by atoms with Crippen molar-refractivity contribution in [2.24, 2.45) is 0 Å². The standard InChI is InChI=1S/C14H9ClN2/c15-14(5-8-16)13-3-1-11(2-4-13)12-6-9-17-10-7-12/h1-7,9-10H. The molecule has 0 unspecified atom stereocenters. The van der Waals surface area contributed by atoms with Gasteiger partial charge in [0.15, 0.2) is 0 Å². The number of rotatable bonds is 2. The van der Waals surface area contributed by atoms with Crippen LogP contribution < -0.4 is 0 Å². The maximum absolute atomic E-state index is 8.51. The summed E-state index contributed by atoms with van der Waals surface area (Å²) in [5.41, 5.74) is 3.04. The van der Waals surface area contributed by atoms with E-state index in [-0.39, 0.29) is 0 Å². The highest BCUT2D eigenvalue weighted by molar-refractivity contribution is 6.49. The highest BCUT2D eigenvalue weighted by atomic mass is 35.5. The normalized spacial score (nSPS) is 10.9. The molecule has 1 aromatic heterocycles. The van der Waals surface area contributed by atoms with Gasteiger partial charge in [0.05, 0.1) is 11.1 Å². The van der Waals surface area contributed by atoms with Gasteiger partial charge in [0, 0.05) is 18.5 Å². The largest absolute Gasteiger partial charge is 0.265 e. The zero-order valence-corrected chi connectivity index (χ0v) is 9.72. The van der Waals surface area contributed by atoms with Crippen molar-refractivity contribution in [2.75, 3.05) is 0 Å². The first-order valence-corrected chi connectivity index (χ1v) is 5.45. The third-order valence-corrected chi connectivity index (χ3v) is 2.69. The average molecular weight is 241 g/mol. The van der Waals surface area contributed by atoms with Gasteiger partial charge < -0.3 is 0 Å². The number of hydrogen-bond acceptors (Lipinski definition) is 2. The fourth-order valence-corrected chi connectivity index (χ4v) is 1.68. The molecule has 0 spiro atoms. The van der Waals surface area contributed by atoms with Crippen molar-refractivity contribution in [3.8, 4) is 17.2 Å². The van der Waals surface area contributed by atoms with E-state index in [9.17, 15) is 0 Å². The predicted octanol–water partition coefficient (Wildman–Crippen LogP) is 3.85. The van der Waals surface area contributed by atoms with Crippen molar-refractivity contribution in [3.63, 3.8) is 0 Å². The van der Waals surface area contributed by atoms with E-state index in [0.29, 0.717) is 5.03 Å². The van der Waals surface area contributed by atoms with Crippen LogP contribution in [0, 0.1) is 11.3 Å². The molecule has 0 radical (unpaired) electrons. The summed E-state index contributed by atoms with van der Waals surface area (Å²) in [4.78, 5) is 3.97. The van der Waals surface area contributed by atoms with Crippen LogP contribution >= 0.6 is 11.6 Å². The van der Waals surface area contributed by atoms with Gasteiger partial charge in [-0.3, -0.25) is 4.98 Å². The quantitative estimate of drug-likeness (QED) is 0.748. The Kier molecular flexibility index (Phi) is 3.54. The van der Waals surface area contributed by atoms with Gasteiger partial charge in [-0.25, -0.2) is 0 Å². The zero-order valence-electron chi connectivity index (χ0n) is 8.97. The molecule has 0 aliphatic rings. The topological polar surface area (TPSA) is 36.7 Å². The average Bonchev–Trinajstić information content (AvgIpc) is 2.40. The summed E-state index contributed by atoms with van der Waals surface area (Å²) in [6, 6.07) is 13.5. The van der Waals surface area contributed by atoms with Gasteiger partial charge in [0.1, 0.15) is 0 Å². The third kappa shape index (κ3) is 2.72. The summed E-state index contributed by atoms with van der Waals surface area (Å²) in [5, 5.41) is 8.97. The Hall–Kier alpha value is -2.11. The Bertz CT molecular complexity index is 565. The van der Waals surface area contributed by atoms with Gasteiger partial charge in [-0.05, 0) is 28.8 Å². The molecule has 0 saturated carbocycles. The molecule has 2 rings (SSSR count). The summed E-state index contributed by atoms with van der Waals surface area (Å²) in [5.74, 6) is 0. The maximum Gasteiger partial charge on any atom is 0.0927 e. The van der Waals surface area contributed by atoms with Crippen LogP contribution in [0.15, 0.2) is 54.9 Å². The molecule has 3 heteroatoms. The molecule has 0 saturated heterocycles. The number of hydrogen-bond donors (Lipinski definition) is 0. The van der Waals surface area contributed by atoms with Gasteiger partial charge >= 0.3 is 0 Å². The first-order valence-electron chi connectivity index (χ1n) is 5.07. The second-order valence-electron chi connectivity index (χ2n) is 3.43. The molecule has 0 atom stereocenters. The van der Waals surface area contributed by atoms with E-state index in [4.69, 9.17) is 16.9 Å². The van der Waals surface area contributed by atoms with E-state index in [0.717, 1.165) is 16.7 Å². The number of pyridine rings is 1. The highest BCUT2D eigenvalue weighted by Gasteiger charge is 2.00. The molecular weight excluding hydrogens is 232 g/mol. The Labute approximate surface area is 105 Å². The number of allylic oxidation sites excluding steroid dienone is 1. The minimum Gasteiger partial charge on any atom is -0.265 e. The van der Waals surface area contributed by atoms with Crippen molar-refractivity contribution in [1.82, 2.24) is 4.98 Å². The van der Waals surface area contributed by atoms with Crippen LogP contribution in [-0.2, 0) is 0 Å². The second kappa shape index (κ2) is 5.29. The molecule has 82 valence electrons. The van der Waals surface area contributed by atoms with Crippen LogP contribution in [0.3, 0.4) is 0 Å². The van der Waals surface area contributed by atoms with E-state index >= 15 is 0 Å². The van der Waals surface area contributed by atoms with E-state index in [1.54, 1.807) is 12.4 Å². The molecule has 2 nitrogen and oxygen atoms in total. The lowest BCUT2D eigenvalue weighted by Crippen LogP contribution is -1.80. The van der Waals surface area contributed by atoms with Gasteiger partial charge in [-0.1, -0.05) is 35.9 Å². The lowest BCUT2D eigenvalue weighted by Gasteiger charge is -2.02. The second-order valence-corrected chi connectivity index (χ2v) is 3.84. The minimum atomic E-state index is 0.453. The summed E-state index contributed by atoms with van der Waals surface area (Å²) < 4.78 is 0. The number of aromatic nitrogens is 1. The molecule has 0 N–H and O–H groups in total. The molecular formula is C14H9ClN2. The minimum absolute atomic E-state index is 0.453. The van der Waals surface area contributed by atoms with E-state index < -0.39 is 0 Å². The van der Waals surface area contributed by atoms with Gasteiger partial charge in [0.25, 0.3) is 0 Å². The summed E-state index contributed by atoms with van der Waals surface area (Å²) in [6.45, 7) is 0. The van der Waals surface area contributed by atoms with Gasteiger partial charge in [-0.15, -0.1) is 0 Å². The maximum atomic E-state index is 8.51. The lowest BCUT2D eigenvalue weighted by molar-refractivity contribution is 1.33. The third-order valence-electron chi connectivity index (χ3n) is 2.37. The van der Waals surface area contributed by atoms with E-state index in [1.807, 2.05) is 42.5 Å². The molecule has 0 fully saturated rings. The van der Waals surface area contributed by atoms with Crippen LogP contribution in [0.5, 0.6) is 0 Å². The predicted molar refractivity (Wildman–Crippen MR) is 69.1 cm³/mol. The van der Waals surface area contributed by atoms with Crippen LogP contribution in [0.1, 0.15) is 5.56 Å². The summed E-state index contributed by atoms with van der Waals surface area (Å²) in [7, 11) is 0. The Balaban J connectivity index is 2.32. The van der Waals surface area contributed by atoms with Crippen molar-refractivity contribution in [1.29, 1.82) is 5.26 Å². The molecule has 2 aromatic rings. The van der Waals surface area contributed by atoms with Crippen LogP contribution in [-0.4, -0.2) is 4.98 Å². The monoisotopic (exact) mass is 240 g/mol. The molecule has 0 aliphatic heterocycles. The number of nitrogens with zero attached hydrogens (tertiary/aromatic N) is 2. The van der Waals surface area contributed by atoms with Crippen LogP contribution in [0.2, 0.25) is 0 Å². The van der Waals surface area contributed by atoms with Crippen LogP contribution in [0.4, 0.5) is 0 Å². The SMILES string of the molecule is N#CC=C(Cl)c1ccc(-c2ccncc2)cc1. The number of nitriles is 1. The van der Waals surface area contributed by atoms with Crippen molar-refractivity contribution in [2.45, 2.75) is 0 Å². The Morgan fingerprint density at radius 1 is 1.06 bits per heavy atom. The first kappa shape index (κ1) is 11.4. The summed E-state index contributed by atoms with van der Waals surface area (Å²) in [6.07, 6.45) is 4.83. The zero-order chi connectivity index (χ0) is 12.1. The molecule has 0 bridgehead atoms. The molecule has 0 amide bonds. The molecule has 1 heterocycles. The van der Waals surface area contributed by atoms with E-state index in [1.165, 1.54) is 6.08 Å². The smallest absolute Gasteiger partial charge is 0.0927 e. The Morgan fingerprint density at radius 2 is 1.65 bits per heavy atom. The van der Waals surface area contributed by atoms with Crippen molar-refractivity contribution < 1.29 is 0 Å².